The number of anilines is 1. The maximum Gasteiger partial charge on any atom is 0.230 e. The van der Waals surface area contributed by atoms with Gasteiger partial charge in [0.15, 0.2) is 4.96 Å². The van der Waals surface area contributed by atoms with Crippen LogP contribution in [-0.2, 0) is 11.2 Å². The highest BCUT2D eigenvalue weighted by Gasteiger charge is 2.17. The van der Waals surface area contributed by atoms with Gasteiger partial charge >= 0.3 is 0 Å². The van der Waals surface area contributed by atoms with E-state index < -0.39 is 0 Å². The normalized spacial score (nSPS) is 11.0. The largest absolute Gasteiger partial charge is 0.310 e. The van der Waals surface area contributed by atoms with E-state index >= 15 is 0 Å². The minimum Gasteiger partial charge on any atom is -0.310 e. The minimum atomic E-state index is -0.303. The molecule has 120 valence electrons. The Morgan fingerprint density at radius 3 is 2.75 bits per heavy atom. The Morgan fingerprint density at radius 2 is 2.00 bits per heavy atom. The molecule has 0 aliphatic rings. The Morgan fingerprint density at radius 1 is 1.17 bits per heavy atom. The van der Waals surface area contributed by atoms with Crippen LogP contribution in [-0.4, -0.2) is 15.3 Å². The third kappa shape index (κ3) is 2.83. The number of benzene rings is 1. The van der Waals surface area contributed by atoms with Crippen molar-refractivity contribution in [3.63, 3.8) is 0 Å². The van der Waals surface area contributed by atoms with Crippen LogP contribution in [0.25, 0.3) is 16.2 Å². The quantitative estimate of drug-likeness (QED) is 0.587. The highest BCUT2D eigenvalue weighted by molar-refractivity contribution is 7.15. The molecule has 1 amide bonds. The van der Waals surface area contributed by atoms with Gasteiger partial charge in [0.2, 0.25) is 5.91 Å². The lowest BCUT2D eigenvalue weighted by Gasteiger charge is -2.06. The molecular formula is C17H12FN3OS2. The molecule has 0 saturated heterocycles. The van der Waals surface area contributed by atoms with Gasteiger partial charge in [-0.1, -0.05) is 6.07 Å². The summed E-state index contributed by atoms with van der Waals surface area (Å²) in [5.74, 6) is 0.205. The van der Waals surface area contributed by atoms with Crippen LogP contribution in [0.2, 0.25) is 0 Å². The highest BCUT2D eigenvalue weighted by Crippen LogP contribution is 2.31. The van der Waals surface area contributed by atoms with Crippen LogP contribution in [0.1, 0.15) is 4.88 Å². The van der Waals surface area contributed by atoms with Crippen molar-refractivity contribution in [2.75, 3.05) is 5.32 Å². The zero-order valence-corrected chi connectivity index (χ0v) is 14.0. The second-order valence-corrected chi connectivity index (χ2v) is 7.08. The third-order valence-electron chi connectivity index (χ3n) is 3.55. The summed E-state index contributed by atoms with van der Waals surface area (Å²) in [4.78, 5) is 18.7. The van der Waals surface area contributed by atoms with Crippen molar-refractivity contribution in [2.24, 2.45) is 0 Å². The molecule has 0 aliphatic heterocycles. The summed E-state index contributed by atoms with van der Waals surface area (Å²) in [5.41, 5.74) is 1.40. The first-order valence-electron chi connectivity index (χ1n) is 7.24. The number of imidazole rings is 1. The summed E-state index contributed by atoms with van der Waals surface area (Å²) in [7, 11) is 0. The fourth-order valence-electron chi connectivity index (χ4n) is 2.46. The first-order chi connectivity index (χ1) is 11.7. The Bertz CT molecular complexity index is 987. The van der Waals surface area contributed by atoms with Gasteiger partial charge in [-0.05, 0) is 35.7 Å². The molecule has 0 unspecified atom stereocenters. The number of amides is 1. The number of hydrogen-bond acceptors (Lipinski definition) is 4. The van der Waals surface area contributed by atoms with Crippen LogP contribution >= 0.6 is 22.7 Å². The second-order valence-electron chi connectivity index (χ2n) is 5.18. The summed E-state index contributed by atoms with van der Waals surface area (Å²) in [5, 5.41) is 6.81. The van der Waals surface area contributed by atoms with Gasteiger partial charge in [0.05, 0.1) is 6.42 Å². The van der Waals surface area contributed by atoms with Gasteiger partial charge in [0.25, 0.3) is 0 Å². The summed E-state index contributed by atoms with van der Waals surface area (Å²) in [6, 6.07) is 9.96. The summed E-state index contributed by atoms with van der Waals surface area (Å²) < 4.78 is 15.0. The lowest BCUT2D eigenvalue weighted by Crippen LogP contribution is -2.15. The molecule has 0 spiro atoms. The number of aromatic nitrogens is 2. The first kappa shape index (κ1) is 15.0. The van der Waals surface area contributed by atoms with Gasteiger partial charge in [0, 0.05) is 22.0 Å². The third-order valence-corrected chi connectivity index (χ3v) is 5.19. The van der Waals surface area contributed by atoms with Crippen LogP contribution in [0.15, 0.2) is 53.4 Å². The van der Waals surface area contributed by atoms with Crippen molar-refractivity contribution in [3.05, 3.63) is 64.0 Å². The summed E-state index contributed by atoms with van der Waals surface area (Å²) in [6.45, 7) is 0. The molecule has 3 heterocycles. The predicted molar refractivity (Wildman–Crippen MR) is 95.1 cm³/mol. The van der Waals surface area contributed by atoms with Gasteiger partial charge in [-0.25, -0.2) is 9.37 Å². The van der Waals surface area contributed by atoms with Crippen LogP contribution in [0, 0.1) is 5.82 Å². The van der Waals surface area contributed by atoms with Crippen LogP contribution in [0.5, 0.6) is 0 Å². The molecule has 0 fully saturated rings. The number of nitrogens with zero attached hydrogens (tertiary/aromatic N) is 2. The fourth-order valence-corrected chi connectivity index (χ4v) is 3.88. The van der Waals surface area contributed by atoms with E-state index in [4.69, 9.17) is 0 Å². The second kappa shape index (κ2) is 6.18. The maximum atomic E-state index is 13.2. The van der Waals surface area contributed by atoms with Gasteiger partial charge in [0.1, 0.15) is 17.3 Å². The zero-order chi connectivity index (χ0) is 16.5. The van der Waals surface area contributed by atoms with Crippen LogP contribution in [0.4, 0.5) is 10.2 Å². The van der Waals surface area contributed by atoms with Gasteiger partial charge < -0.3 is 5.32 Å². The monoisotopic (exact) mass is 357 g/mol. The maximum absolute atomic E-state index is 13.2. The molecule has 0 aliphatic carbocycles. The summed E-state index contributed by atoms with van der Waals surface area (Å²) in [6.07, 6.45) is 2.18. The molecule has 3 aromatic heterocycles. The molecule has 4 rings (SSSR count). The molecule has 0 saturated carbocycles. The number of thiophene rings is 1. The molecule has 4 aromatic rings. The lowest BCUT2D eigenvalue weighted by molar-refractivity contribution is -0.115. The molecule has 0 radical (unpaired) electrons. The Kier molecular flexibility index (Phi) is 3.87. The van der Waals surface area contributed by atoms with E-state index in [1.54, 1.807) is 23.5 Å². The topological polar surface area (TPSA) is 46.4 Å². The van der Waals surface area contributed by atoms with E-state index in [0.717, 1.165) is 15.4 Å². The number of halogens is 1. The molecule has 1 N–H and O–H groups in total. The number of fused-ring (bicyclic) bond motifs is 1. The Balaban J connectivity index is 1.70. The van der Waals surface area contributed by atoms with Crippen molar-refractivity contribution in [2.45, 2.75) is 6.42 Å². The molecule has 4 nitrogen and oxygen atoms in total. The van der Waals surface area contributed by atoms with E-state index in [1.165, 1.54) is 23.5 Å². The number of hydrogen-bond donors (Lipinski definition) is 1. The van der Waals surface area contributed by atoms with Gasteiger partial charge in [-0.2, -0.15) is 0 Å². The standard InChI is InChI=1S/C17H12FN3OS2/c18-12-5-3-11(4-6-12)15-16(21-7-9-24-17(21)20-15)19-14(22)10-13-2-1-8-23-13/h1-9H,10H2,(H,19,22). The van der Waals surface area contributed by atoms with Crippen LogP contribution in [0.3, 0.4) is 0 Å². The lowest BCUT2D eigenvalue weighted by atomic mass is 10.1. The van der Waals surface area contributed by atoms with E-state index in [2.05, 4.69) is 10.3 Å². The minimum absolute atomic E-state index is 0.103. The average Bonchev–Trinajstić information content (AvgIpc) is 3.27. The van der Waals surface area contributed by atoms with E-state index in [0.29, 0.717) is 17.9 Å². The first-order valence-corrected chi connectivity index (χ1v) is 9.00. The van der Waals surface area contributed by atoms with E-state index in [-0.39, 0.29) is 11.7 Å². The Hall–Kier alpha value is -2.51. The Labute approximate surface area is 145 Å². The van der Waals surface area contributed by atoms with Crippen molar-refractivity contribution in [1.82, 2.24) is 9.38 Å². The number of rotatable bonds is 4. The summed E-state index contributed by atoms with van der Waals surface area (Å²) >= 11 is 3.03. The molecule has 7 heteroatoms. The number of carbonyl (C=O) groups is 1. The molecule has 1 aromatic carbocycles. The van der Waals surface area contributed by atoms with Gasteiger partial charge in [-0.3, -0.25) is 9.20 Å². The number of carbonyl (C=O) groups excluding carboxylic acids is 1. The predicted octanol–water partition coefficient (Wildman–Crippen LogP) is 4.44. The fraction of sp³-hybridized carbons (Fsp3) is 0.0588. The van der Waals surface area contributed by atoms with Crippen molar-refractivity contribution >= 4 is 39.4 Å². The zero-order valence-electron chi connectivity index (χ0n) is 12.4. The van der Waals surface area contributed by atoms with E-state index in [1.807, 2.05) is 33.5 Å². The molecule has 0 bridgehead atoms. The average molecular weight is 357 g/mol. The van der Waals surface area contributed by atoms with Gasteiger partial charge in [-0.15, -0.1) is 22.7 Å². The SMILES string of the molecule is O=C(Cc1cccs1)Nc1c(-c2ccc(F)cc2)nc2sccn12. The van der Waals surface area contributed by atoms with Crippen LogP contribution < -0.4 is 5.32 Å². The van der Waals surface area contributed by atoms with Crippen molar-refractivity contribution in [3.8, 4) is 11.3 Å². The molecular weight excluding hydrogens is 345 g/mol. The van der Waals surface area contributed by atoms with E-state index in [9.17, 15) is 9.18 Å². The number of nitrogens with one attached hydrogen (secondary N) is 1. The molecule has 0 atom stereocenters. The number of thiazole rings is 1. The highest BCUT2D eigenvalue weighted by atomic mass is 32.1. The van der Waals surface area contributed by atoms with Crippen molar-refractivity contribution < 1.29 is 9.18 Å². The smallest absolute Gasteiger partial charge is 0.230 e. The molecule has 24 heavy (non-hydrogen) atoms. The van der Waals surface area contributed by atoms with Crippen molar-refractivity contribution in [1.29, 1.82) is 0 Å².